The molecule has 4 N–H and O–H groups in total. The molecule has 1 aromatic carbocycles. The van der Waals surface area contributed by atoms with Crippen LogP contribution in [0.1, 0.15) is 25.8 Å². The van der Waals surface area contributed by atoms with E-state index >= 15 is 0 Å². The standard InChI is InChI=1S/C17H23N3O3/c1-11(2)9-14(16(18)22)20-17(23)15(19-12(3)21)10-13-7-5-4-6-8-13/h4-8,14-15H,1,9-10H2,2-3H3,(H2,18,22)(H,19,21)(H,20,23)/t14-,15+/m0/s1. The second-order valence-corrected chi connectivity index (χ2v) is 5.57. The Balaban J connectivity index is 2.83. The van der Waals surface area contributed by atoms with Crippen molar-refractivity contribution in [1.29, 1.82) is 0 Å². The highest BCUT2D eigenvalue weighted by atomic mass is 16.2. The SMILES string of the molecule is C=C(C)C[C@H](NC(=O)[C@@H](Cc1ccccc1)NC(C)=O)C(N)=O. The van der Waals surface area contributed by atoms with Crippen LogP contribution in [0.3, 0.4) is 0 Å². The van der Waals surface area contributed by atoms with E-state index in [0.717, 1.165) is 11.1 Å². The van der Waals surface area contributed by atoms with Gasteiger partial charge in [0.15, 0.2) is 0 Å². The number of rotatable bonds is 8. The highest BCUT2D eigenvalue weighted by molar-refractivity contribution is 5.91. The van der Waals surface area contributed by atoms with Gasteiger partial charge in [-0.1, -0.05) is 35.9 Å². The number of nitrogens with two attached hydrogens (primary N) is 1. The summed E-state index contributed by atoms with van der Waals surface area (Å²) < 4.78 is 0. The number of primary amides is 1. The van der Waals surface area contributed by atoms with Crippen molar-refractivity contribution in [2.45, 2.75) is 38.8 Å². The lowest BCUT2D eigenvalue weighted by molar-refractivity contribution is -0.130. The minimum Gasteiger partial charge on any atom is -0.368 e. The summed E-state index contributed by atoms with van der Waals surface area (Å²) in [6.07, 6.45) is 0.587. The van der Waals surface area contributed by atoms with Crippen LogP contribution in [0.5, 0.6) is 0 Å². The maximum absolute atomic E-state index is 12.4. The predicted molar refractivity (Wildman–Crippen MR) is 88.3 cm³/mol. The maximum atomic E-state index is 12.4. The molecule has 2 atom stereocenters. The summed E-state index contributed by atoms with van der Waals surface area (Å²) in [5, 5.41) is 5.18. The van der Waals surface area contributed by atoms with Crippen molar-refractivity contribution >= 4 is 17.7 Å². The molecule has 6 nitrogen and oxygen atoms in total. The molecule has 0 aliphatic rings. The van der Waals surface area contributed by atoms with Gasteiger partial charge in [-0.25, -0.2) is 0 Å². The van der Waals surface area contributed by atoms with Crippen molar-refractivity contribution < 1.29 is 14.4 Å². The first-order valence-electron chi connectivity index (χ1n) is 7.34. The summed E-state index contributed by atoms with van der Waals surface area (Å²) in [4.78, 5) is 35.2. The third kappa shape index (κ3) is 6.78. The Labute approximate surface area is 136 Å². The van der Waals surface area contributed by atoms with Crippen LogP contribution in [0.25, 0.3) is 0 Å². The Bertz CT molecular complexity index is 584. The van der Waals surface area contributed by atoms with Crippen LogP contribution < -0.4 is 16.4 Å². The molecule has 1 rings (SSSR count). The van der Waals surface area contributed by atoms with E-state index < -0.39 is 23.9 Å². The van der Waals surface area contributed by atoms with Crippen molar-refractivity contribution in [2.75, 3.05) is 0 Å². The molecule has 0 unspecified atom stereocenters. The molecule has 0 aliphatic carbocycles. The molecule has 1 aromatic rings. The van der Waals surface area contributed by atoms with Crippen molar-refractivity contribution in [2.24, 2.45) is 5.73 Å². The monoisotopic (exact) mass is 317 g/mol. The quantitative estimate of drug-likeness (QED) is 0.614. The first-order valence-corrected chi connectivity index (χ1v) is 7.34. The Hall–Kier alpha value is -2.63. The van der Waals surface area contributed by atoms with E-state index in [2.05, 4.69) is 17.2 Å². The van der Waals surface area contributed by atoms with Gasteiger partial charge in [0.1, 0.15) is 12.1 Å². The number of nitrogens with one attached hydrogen (secondary N) is 2. The first-order chi connectivity index (χ1) is 10.8. The fourth-order valence-electron chi connectivity index (χ4n) is 2.15. The molecule has 0 bridgehead atoms. The van der Waals surface area contributed by atoms with E-state index in [1.807, 2.05) is 30.3 Å². The Kier molecular flexibility index (Phi) is 6.99. The van der Waals surface area contributed by atoms with Crippen LogP contribution in [0, 0.1) is 0 Å². The topological polar surface area (TPSA) is 101 Å². The third-order valence-electron chi connectivity index (χ3n) is 3.19. The molecule has 0 radical (unpaired) electrons. The molecule has 0 saturated heterocycles. The molecule has 6 heteroatoms. The summed E-state index contributed by atoms with van der Waals surface area (Å²) in [5.41, 5.74) is 6.93. The Morgan fingerprint density at radius 3 is 2.17 bits per heavy atom. The van der Waals surface area contributed by atoms with Crippen LogP contribution in [-0.4, -0.2) is 29.8 Å². The first kappa shape index (κ1) is 18.4. The number of benzene rings is 1. The predicted octanol–water partition coefficient (Wildman–Crippen LogP) is 0.670. The van der Waals surface area contributed by atoms with E-state index in [1.165, 1.54) is 6.92 Å². The fourth-order valence-corrected chi connectivity index (χ4v) is 2.15. The Morgan fingerprint density at radius 2 is 1.70 bits per heavy atom. The molecular weight excluding hydrogens is 294 g/mol. The fraction of sp³-hybridized carbons (Fsp3) is 0.353. The van der Waals surface area contributed by atoms with Crippen molar-refractivity contribution in [1.82, 2.24) is 10.6 Å². The number of amides is 3. The van der Waals surface area contributed by atoms with Crippen LogP contribution in [0.15, 0.2) is 42.5 Å². The molecule has 0 aromatic heterocycles. The van der Waals surface area contributed by atoms with Gasteiger partial charge in [-0.2, -0.15) is 0 Å². The zero-order chi connectivity index (χ0) is 17.4. The minimum absolute atomic E-state index is 0.263. The summed E-state index contributed by atoms with van der Waals surface area (Å²) in [5.74, 6) is -1.41. The van der Waals surface area contributed by atoms with Crippen LogP contribution >= 0.6 is 0 Å². The van der Waals surface area contributed by atoms with Crippen LogP contribution in [0.4, 0.5) is 0 Å². The Morgan fingerprint density at radius 1 is 1.09 bits per heavy atom. The summed E-state index contributed by atoms with van der Waals surface area (Å²) in [7, 11) is 0. The van der Waals surface area contributed by atoms with Crippen LogP contribution in [-0.2, 0) is 20.8 Å². The molecule has 124 valence electrons. The highest BCUT2D eigenvalue weighted by Gasteiger charge is 2.25. The molecule has 0 spiro atoms. The third-order valence-corrected chi connectivity index (χ3v) is 3.19. The number of carbonyl (C=O) groups is 3. The van der Waals surface area contributed by atoms with E-state index in [0.29, 0.717) is 6.42 Å². The van der Waals surface area contributed by atoms with Gasteiger partial charge < -0.3 is 16.4 Å². The van der Waals surface area contributed by atoms with Gasteiger partial charge in [0, 0.05) is 13.3 Å². The van der Waals surface area contributed by atoms with Gasteiger partial charge >= 0.3 is 0 Å². The van der Waals surface area contributed by atoms with E-state index in [4.69, 9.17) is 5.73 Å². The van der Waals surface area contributed by atoms with Gasteiger partial charge in [-0.15, -0.1) is 6.58 Å². The molecule has 0 saturated carbocycles. The molecular formula is C17H23N3O3. The second kappa shape index (κ2) is 8.73. The lowest BCUT2D eigenvalue weighted by Gasteiger charge is -2.21. The highest BCUT2D eigenvalue weighted by Crippen LogP contribution is 2.06. The normalized spacial score (nSPS) is 12.8. The van der Waals surface area contributed by atoms with E-state index in [1.54, 1.807) is 6.92 Å². The summed E-state index contributed by atoms with van der Waals surface area (Å²) in [6, 6.07) is 7.68. The number of hydrogen-bond acceptors (Lipinski definition) is 3. The smallest absolute Gasteiger partial charge is 0.243 e. The van der Waals surface area contributed by atoms with Crippen molar-refractivity contribution in [3.63, 3.8) is 0 Å². The van der Waals surface area contributed by atoms with E-state index in [-0.39, 0.29) is 12.3 Å². The molecule has 0 aliphatic heterocycles. The maximum Gasteiger partial charge on any atom is 0.243 e. The molecule has 0 heterocycles. The number of hydrogen-bond donors (Lipinski definition) is 3. The molecule has 3 amide bonds. The second-order valence-electron chi connectivity index (χ2n) is 5.57. The largest absolute Gasteiger partial charge is 0.368 e. The molecule has 23 heavy (non-hydrogen) atoms. The van der Waals surface area contributed by atoms with Crippen molar-refractivity contribution in [3.05, 3.63) is 48.0 Å². The zero-order valence-corrected chi connectivity index (χ0v) is 13.5. The molecule has 0 fully saturated rings. The lowest BCUT2D eigenvalue weighted by Crippen LogP contribution is -2.53. The summed E-state index contributed by atoms with van der Waals surface area (Å²) >= 11 is 0. The van der Waals surface area contributed by atoms with Gasteiger partial charge in [-0.05, 0) is 18.9 Å². The number of carbonyl (C=O) groups excluding carboxylic acids is 3. The van der Waals surface area contributed by atoms with Crippen molar-refractivity contribution in [3.8, 4) is 0 Å². The van der Waals surface area contributed by atoms with Gasteiger partial charge in [0.05, 0.1) is 0 Å². The zero-order valence-electron chi connectivity index (χ0n) is 13.5. The lowest BCUT2D eigenvalue weighted by atomic mass is 10.0. The van der Waals surface area contributed by atoms with E-state index in [9.17, 15) is 14.4 Å². The van der Waals surface area contributed by atoms with Gasteiger partial charge in [-0.3, -0.25) is 14.4 Å². The average Bonchev–Trinajstić information content (AvgIpc) is 2.45. The average molecular weight is 317 g/mol. The van der Waals surface area contributed by atoms with Gasteiger partial charge in [0.2, 0.25) is 17.7 Å². The van der Waals surface area contributed by atoms with Gasteiger partial charge in [0.25, 0.3) is 0 Å². The van der Waals surface area contributed by atoms with Crippen LogP contribution in [0.2, 0.25) is 0 Å². The minimum atomic E-state index is -0.841. The summed E-state index contributed by atoms with van der Waals surface area (Å²) in [6.45, 7) is 6.80.